The van der Waals surface area contributed by atoms with Crippen LogP contribution in [0.3, 0.4) is 0 Å². The molecule has 2 aromatic heterocycles. The Morgan fingerprint density at radius 3 is 3.00 bits per heavy atom. The Kier molecular flexibility index (Phi) is 4.69. The summed E-state index contributed by atoms with van der Waals surface area (Å²) in [5, 5.41) is 4.16. The first kappa shape index (κ1) is 14.0. The first-order chi connectivity index (χ1) is 9.70. The van der Waals surface area contributed by atoms with E-state index in [1.807, 2.05) is 24.6 Å². The Labute approximate surface area is 118 Å². The summed E-state index contributed by atoms with van der Waals surface area (Å²) >= 11 is 0. The van der Waals surface area contributed by atoms with Crippen molar-refractivity contribution < 1.29 is 4.74 Å². The second-order valence-corrected chi connectivity index (χ2v) is 4.42. The molecule has 0 saturated carbocycles. The quantitative estimate of drug-likeness (QED) is 0.844. The van der Waals surface area contributed by atoms with E-state index in [9.17, 15) is 0 Å². The minimum absolute atomic E-state index is 0.246. The van der Waals surface area contributed by atoms with Gasteiger partial charge in [-0.25, -0.2) is 9.67 Å². The van der Waals surface area contributed by atoms with Gasteiger partial charge in [-0.05, 0) is 19.9 Å². The van der Waals surface area contributed by atoms with Crippen LogP contribution in [0.15, 0.2) is 24.8 Å². The Morgan fingerprint density at radius 1 is 1.40 bits per heavy atom. The number of nitrogens with zero attached hydrogens (tertiary/aromatic N) is 4. The van der Waals surface area contributed by atoms with E-state index in [0.717, 1.165) is 11.4 Å². The average molecular weight is 271 g/mol. The maximum Gasteiger partial charge on any atom is 0.165 e. The molecule has 2 rings (SSSR count). The summed E-state index contributed by atoms with van der Waals surface area (Å²) in [6.07, 6.45) is 4.84. The molecule has 0 saturated heterocycles. The summed E-state index contributed by atoms with van der Waals surface area (Å²) in [4.78, 5) is 8.27. The molecule has 0 spiro atoms. The normalized spacial score (nSPS) is 10.2. The van der Waals surface area contributed by atoms with Gasteiger partial charge in [0.1, 0.15) is 18.7 Å². The van der Waals surface area contributed by atoms with E-state index in [2.05, 4.69) is 26.9 Å². The maximum atomic E-state index is 5.68. The lowest BCUT2D eigenvalue weighted by atomic mass is 10.3. The third kappa shape index (κ3) is 3.56. The van der Waals surface area contributed by atoms with Crippen LogP contribution in [0.2, 0.25) is 0 Å². The van der Waals surface area contributed by atoms with Crippen LogP contribution in [0.1, 0.15) is 31.3 Å². The fourth-order valence-electron chi connectivity index (χ4n) is 1.68. The summed E-state index contributed by atoms with van der Waals surface area (Å²) in [6.45, 7) is 4.75. The van der Waals surface area contributed by atoms with Gasteiger partial charge < -0.3 is 10.5 Å². The van der Waals surface area contributed by atoms with E-state index < -0.39 is 0 Å². The predicted octanol–water partition coefficient (Wildman–Crippen LogP) is 1.14. The van der Waals surface area contributed by atoms with Crippen molar-refractivity contribution in [3.8, 4) is 17.6 Å². The van der Waals surface area contributed by atoms with Gasteiger partial charge in [0.05, 0.1) is 12.7 Å². The Hall–Kier alpha value is -2.39. The molecule has 0 bridgehead atoms. The van der Waals surface area contributed by atoms with E-state index in [0.29, 0.717) is 18.9 Å². The molecule has 2 aromatic rings. The number of rotatable bonds is 4. The zero-order chi connectivity index (χ0) is 14.4. The number of ether oxygens (including phenoxy) is 1. The third-order valence-electron chi connectivity index (χ3n) is 2.55. The molecule has 6 heteroatoms. The van der Waals surface area contributed by atoms with Crippen LogP contribution in [-0.4, -0.2) is 26.3 Å². The maximum absolute atomic E-state index is 5.68. The zero-order valence-corrected chi connectivity index (χ0v) is 11.6. The zero-order valence-electron chi connectivity index (χ0n) is 11.6. The fraction of sp³-hybridized carbons (Fsp3) is 0.357. The van der Waals surface area contributed by atoms with Gasteiger partial charge in [0.2, 0.25) is 0 Å². The van der Waals surface area contributed by atoms with Gasteiger partial charge in [0, 0.05) is 17.8 Å². The highest BCUT2D eigenvalue weighted by Gasteiger charge is 2.08. The van der Waals surface area contributed by atoms with Crippen molar-refractivity contribution in [2.45, 2.75) is 26.5 Å². The van der Waals surface area contributed by atoms with Crippen LogP contribution >= 0.6 is 0 Å². The number of pyridine rings is 1. The SMILES string of the molecule is CC(C)n1ncnc1COc1cncc(C#CCN)c1. The summed E-state index contributed by atoms with van der Waals surface area (Å²) in [5.41, 5.74) is 6.12. The van der Waals surface area contributed by atoms with Crippen LogP contribution in [0.5, 0.6) is 5.75 Å². The molecule has 0 aliphatic heterocycles. The van der Waals surface area contributed by atoms with Crippen molar-refractivity contribution in [2.24, 2.45) is 5.73 Å². The van der Waals surface area contributed by atoms with Gasteiger partial charge in [-0.15, -0.1) is 0 Å². The molecule has 2 heterocycles. The second-order valence-electron chi connectivity index (χ2n) is 4.42. The van der Waals surface area contributed by atoms with Gasteiger partial charge in [-0.1, -0.05) is 11.8 Å². The lowest BCUT2D eigenvalue weighted by molar-refractivity contribution is 0.281. The molecule has 0 atom stereocenters. The monoisotopic (exact) mass is 271 g/mol. The predicted molar refractivity (Wildman–Crippen MR) is 74.9 cm³/mol. The van der Waals surface area contributed by atoms with E-state index in [-0.39, 0.29) is 6.04 Å². The topological polar surface area (TPSA) is 78.8 Å². The van der Waals surface area contributed by atoms with Crippen LogP contribution in [-0.2, 0) is 6.61 Å². The second kappa shape index (κ2) is 6.68. The van der Waals surface area contributed by atoms with Gasteiger partial charge in [0.25, 0.3) is 0 Å². The van der Waals surface area contributed by atoms with E-state index >= 15 is 0 Å². The minimum atomic E-state index is 0.246. The molecule has 0 aliphatic carbocycles. The van der Waals surface area contributed by atoms with Crippen LogP contribution in [0.25, 0.3) is 0 Å². The molecule has 0 amide bonds. The molecule has 2 N–H and O–H groups in total. The molecule has 0 unspecified atom stereocenters. The Bertz CT molecular complexity index is 624. The third-order valence-corrected chi connectivity index (χ3v) is 2.55. The van der Waals surface area contributed by atoms with Crippen LogP contribution in [0.4, 0.5) is 0 Å². The van der Waals surface area contributed by atoms with Gasteiger partial charge >= 0.3 is 0 Å². The highest BCUT2D eigenvalue weighted by molar-refractivity contribution is 5.36. The molecule has 104 valence electrons. The lowest BCUT2D eigenvalue weighted by Crippen LogP contribution is -2.10. The number of aromatic nitrogens is 4. The Morgan fingerprint density at radius 2 is 2.25 bits per heavy atom. The van der Waals surface area contributed by atoms with Crippen molar-refractivity contribution in [1.82, 2.24) is 19.7 Å². The van der Waals surface area contributed by atoms with Gasteiger partial charge in [0.15, 0.2) is 5.82 Å². The van der Waals surface area contributed by atoms with Crippen molar-refractivity contribution in [1.29, 1.82) is 0 Å². The van der Waals surface area contributed by atoms with E-state index in [1.54, 1.807) is 12.4 Å². The van der Waals surface area contributed by atoms with Crippen molar-refractivity contribution in [2.75, 3.05) is 6.54 Å². The average Bonchev–Trinajstić information content (AvgIpc) is 2.92. The lowest BCUT2D eigenvalue weighted by Gasteiger charge is -2.10. The smallest absolute Gasteiger partial charge is 0.165 e. The largest absolute Gasteiger partial charge is 0.484 e. The fourth-order valence-corrected chi connectivity index (χ4v) is 1.68. The van der Waals surface area contributed by atoms with Crippen molar-refractivity contribution in [3.05, 3.63) is 36.2 Å². The molecule has 0 radical (unpaired) electrons. The van der Waals surface area contributed by atoms with Crippen LogP contribution in [0, 0.1) is 11.8 Å². The van der Waals surface area contributed by atoms with Gasteiger partial charge in [-0.3, -0.25) is 4.98 Å². The van der Waals surface area contributed by atoms with Crippen molar-refractivity contribution >= 4 is 0 Å². The molecular weight excluding hydrogens is 254 g/mol. The Balaban J connectivity index is 2.05. The number of hydrogen-bond acceptors (Lipinski definition) is 5. The molecule has 0 aliphatic rings. The van der Waals surface area contributed by atoms with Gasteiger partial charge in [-0.2, -0.15) is 5.10 Å². The minimum Gasteiger partial charge on any atom is -0.484 e. The molecule has 0 aromatic carbocycles. The first-order valence-corrected chi connectivity index (χ1v) is 6.36. The number of hydrogen-bond donors (Lipinski definition) is 1. The molecular formula is C14H17N5O. The summed E-state index contributed by atoms with van der Waals surface area (Å²) in [6, 6.07) is 2.07. The molecule has 20 heavy (non-hydrogen) atoms. The van der Waals surface area contributed by atoms with E-state index in [4.69, 9.17) is 10.5 Å². The number of nitrogens with two attached hydrogens (primary N) is 1. The van der Waals surface area contributed by atoms with Crippen LogP contribution < -0.4 is 10.5 Å². The molecule has 0 fully saturated rings. The first-order valence-electron chi connectivity index (χ1n) is 6.36. The standard InChI is InChI=1S/C14H17N5O/c1-11(2)19-14(17-10-18-19)9-20-13-6-12(4-3-5-15)7-16-8-13/h6-8,10-11H,5,9,15H2,1-2H3. The highest BCUT2D eigenvalue weighted by atomic mass is 16.5. The van der Waals surface area contributed by atoms with Crippen molar-refractivity contribution in [3.63, 3.8) is 0 Å². The summed E-state index contributed by atoms with van der Waals surface area (Å²) < 4.78 is 7.50. The summed E-state index contributed by atoms with van der Waals surface area (Å²) in [7, 11) is 0. The summed E-state index contributed by atoms with van der Waals surface area (Å²) in [5.74, 6) is 7.12. The molecule has 6 nitrogen and oxygen atoms in total. The van der Waals surface area contributed by atoms with E-state index in [1.165, 1.54) is 6.33 Å². The highest BCUT2D eigenvalue weighted by Crippen LogP contribution is 2.13.